The molecule has 3 aromatic carbocycles. The van der Waals surface area contributed by atoms with E-state index >= 15 is 0 Å². The van der Waals surface area contributed by atoms with Crippen molar-refractivity contribution in [2.75, 3.05) is 55.0 Å². The zero-order valence-electron chi connectivity index (χ0n) is 17.8. The lowest BCUT2D eigenvalue weighted by molar-refractivity contribution is -0.119. The minimum Gasteiger partial charge on any atom is -0.369 e. The summed E-state index contributed by atoms with van der Waals surface area (Å²) in [6, 6.07) is 21.1. The highest BCUT2D eigenvalue weighted by Gasteiger charge is 2.36. The average molecular weight is 451 g/mol. The van der Waals surface area contributed by atoms with Crippen LogP contribution < -0.4 is 14.5 Å². The van der Waals surface area contributed by atoms with Crippen LogP contribution in [0.15, 0.2) is 71.6 Å². The first kappa shape index (κ1) is 20.8. The second kappa shape index (κ2) is 8.44. The van der Waals surface area contributed by atoms with Crippen LogP contribution in [0.4, 0.5) is 11.4 Å². The van der Waals surface area contributed by atoms with Crippen molar-refractivity contribution in [2.24, 2.45) is 0 Å². The van der Waals surface area contributed by atoms with Crippen molar-refractivity contribution in [1.82, 2.24) is 10.2 Å². The summed E-state index contributed by atoms with van der Waals surface area (Å²) in [5.41, 5.74) is 1.81. The number of para-hydroxylation sites is 1. The molecule has 2 heterocycles. The van der Waals surface area contributed by atoms with Gasteiger partial charge >= 0.3 is 0 Å². The normalized spacial score (nSPS) is 17.6. The first-order valence-corrected chi connectivity index (χ1v) is 12.3. The van der Waals surface area contributed by atoms with Crippen molar-refractivity contribution in [3.8, 4) is 0 Å². The van der Waals surface area contributed by atoms with Gasteiger partial charge in [-0.25, -0.2) is 8.42 Å². The zero-order valence-corrected chi connectivity index (χ0v) is 18.6. The third kappa shape index (κ3) is 3.80. The van der Waals surface area contributed by atoms with Gasteiger partial charge in [0.1, 0.15) is 6.54 Å². The Morgan fingerprint density at radius 1 is 0.875 bits per heavy atom. The lowest BCUT2D eigenvalue weighted by Crippen LogP contribution is -2.49. The second-order valence-corrected chi connectivity index (χ2v) is 9.99. The number of amides is 1. The topological polar surface area (TPSA) is 73.0 Å². The Morgan fingerprint density at radius 3 is 2.34 bits per heavy atom. The van der Waals surface area contributed by atoms with Crippen LogP contribution in [-0.2, 0) is 14.8 Å². The van der Waals surface area contributed by atoms with Gasteiger partial charge in [-0.2, -0.15) is 0 Å². The molecule has 8 heteroatoms. The van der Waals surface area contributed by atoms with Gasteiger partial charge in [0.15, 0.2) is 0 Å². The standard InChI is InChI=1S/C24H26N4O3S/c29-23(25-12-13-26-14-16-27(17-15-26)20-8-2-1-3-9-20)18-28-21-10-4-6-19-7-5-11-22(24(19)21)32(28,30)31/h1-11H,12-18H2,(H,25,29). The predicted molar refractivity (Wildman–Crippen MR) is 127 cm³/mol. The van der Waals surface area contributed by atoms with Crippen molar-refractivity contribution in [2.45, 2.75) is 4.90 Å². The van der Waals surface area contributed by atoms with E-state index in [4.69, 9.17) is 0 Å². The van der Waals surface area contributed by atoms with Crippen LogP contribution in [0.1, 0.15) is 0 Å². The Bertz CT molecular complexity index is 1230. The molecule has 0 radical (unpaired) electrons. The summed E-state index contributed by atoms with van der Waals surface area (Å²) in [6.07, 6.45) is 0. The van der Waals surface area contributed by atoms with Crippen molar-refractivity contribution in [3.63, 3.8) is 0 Å². The van der Waals surface area contributed by atoms with Crippen LogP contribution in [0, 0.1) is 0 Å². The van der Waals surface area contributed by atoms with Crippen molar-refractivity contribution < 1.29 is 13.2 Å². The molecular weight excluding hydrogens is 424 g/mol. The highest BCUT2D eigenvalue weighted by Crippen LogP contribution is 2.41. The fourth-order valence-electron chi connectivity index (χ4n) is 4.54. The molecule has 0 saturated carbocycles. The number of carbonyl (C=O) groups is 1. The highest BCUT2D eigenvalue weighted by molar-refractivity contribution is 7.93. The van der Waals surface area contributed by atoms with Gasteiger partial charge in [0.2, 0.25) is 5.91 Å². The molecule has 0 aliphatic carbocycles. The van der Waals surface area contributed by atoms with Crippen molar-refractivity contribution in [1.29, 1.82) is 0 Å². The third-order valence-electron chi connectivity index (χ3n) is 6.21. The summed E-state index contributed by atoms with van der Waals surface area (Å²) < 4.78 is 27.2. The number of benzene rings is 3. The zero-order chi connectivity index (χ0) is 22.1. The van der Waals surface area contributed by atoms with Gasteiger partial charge in [-0.1, -0.05) is 42.5 Å². The van der Waals surface area contributed by atoms with Gasteiger partial charge in [0.25, 0.3) is 10.0 Å². The number of anilines is 2. The fraction of sp³-hybridized carbons (Fsp3) is 0.292. The Hall–Kier alpha value is -3.10. The summed E-state index contributed by atoms with van der Waals surface area (Å²) in [5, 5.41) is 4.45. The molecule has 1 amide bonds. The molecule has 0 aromatic heterocycles. The minimum absolute atomic E-state index is 0.210. The van der Waals surface area contributed by atoms with Crippen LogP contribution in [0.25, 0.3) is 10.8 Å². The first-order valence-electron chi connectivity index (χ1n) is 10.9. The number of carbonyl (C=O) groups excluding carboxylic acids is 1. The molecule has 0 unspecified atom stereocenters. The molecule has 0 bridgehead atoms. The van der Waals surface area contributed by atoms with Gasteiger partial charge in [-0.05, 0) is 29.7 Å². The molecule has 166 valence electrons. The van der Waals surface area contributed by atoms with Gasteiger partial charge in [0, 0.05) is 50.3 Å². The fourth-order valence-corrected chi connectivity index (χ4v) is 6.20. The summed E-state index contributed by atoms with van der Waals surface area (Å²) in [6.45, 7) is 4.80. The Morgan fingerprint density at radius 2 is 1.59 bits per heavy atom. The molecule has 0 atom stereocenters. The molecule has 1 saturated heterocycles. The number of rotatable bonds is 6. The Kier molecular flexibility index (Phi) is 5.48. The maximum absolute atomic E-state index is 13.0. The molecular formula is C24H26N4O3S. The molecule has 7 nitrogen and oxygen atoms in total. The molecule has 2 aliphatic rings. The second-order valence-electron chi connectivity index (χ2n) is 8.16. The van der Waals surface area contributed by atoms with Gasteiger partial charge in [-0.15, -0.1) is 0 Å². The number of nitrogens with one attached hydrogen (secondary N) is 1. The first-order chi connectivity index (χ1) is 15.5. The third-order valence-corrected chi connectivity index (χ3v) is 8.01. The molecule has 3 aromatic rings. The van der Waals surface area contributed by atoms with E-state index in [0.717, 1.165) is 38.1 Å². The lowest BCUT2D eigenvalue weighted by Gasteiger charge is -2.36. The Balaban J connectivity index is 1.14. The van der Waals surface area contributed by atoms with E-state index in [1.54, 1.807) is 18.2 Å². The summed E-state index contributed by atoms with van der Waals surface area (Å²) in [5.74, 6) is -0.290. The number of piperazine rings is 1. The smallest absolute Gasteiger partial charge is 0.265 e. The van der Waals surface area contributed by atoms with E-state index in [0.29, 0.717) is 17.6 Å². The van der Waals surface area contributed by atoms with Gasteiger partial charge in [0.05, 0.1) is 10.6 Å². The van der Waals surface area contributed by atoms with Crippen LogP contribution in [0.3, 0.4) is 0 Å². The predicted octanol–water partition coefficient (Wildman–Crippen LogP) is 2.29. The van der Waals surface area contributed by atoms with Gasteiger partial charge < -0.3 is 10.2 Å². The minimum atomic E-state index is -3.71. The molecule has 1 fully saturated rings. The largest absolute Gasteiger partial charge is 0.369 e. The van der Waals surface area contributed by atoms with Gasteiger partial charge in [-0.3, -0.25) is 14.0 Å². The van der Waals surface area contributed by atoms with Crippen LogP contribution >= 0.6 is 0 Å². The SMILES string of the molecule is O=C(CN1c2cccc3cccc(c23)S1(=O)=O)NCCN1CCN(c2ccccc2)CC1. The molecule has 32 heavy (non-hydrogen) atoms. The number of sulfonamides is 1. The average Bonchev–Trinajstić information content (AvgIpc) is 3.03. The van der Waals surface area contributed by atoms with E-state index in [-0.39, 0.29) is 17.3 Å². The van der Waals surface area contributed by atoms with E-state index in [1.807, 2.05) is 24.3 Å². The lowest BCUT2D eigenvalue weighted by atomic mass is 10.1. The van der Waals surface area contributed by atoms with E-state index in [1.165, 1.54) is 9.99 Å². The van der Waals surface area contributed by atoms with Crippen LogP contribution in [0.2, 0.25) is 0 Å². The molecule has 1 N–H and O–H groups in total. The van der Waals surface area contributed by atoms with Crippen LogP contribution in [-0.4, -0.2) is 65.0 Å². The maximum Gasteiger partial charge on any atom is 0.265 e. The summed E-state index contributed by atoms with van der Waals surface area (Å²) in [7, 11) is -3.71. The van der Waals surface area contributed by atoms with Crippen LogP contribution in [0.5, 0.6) is 0 Å². The highest BCUT2D eigenvalue weighted by atomic mass is 32.2. The van der Waals surface area contributed by atoms with E-state index in [2.05, 4.69) is 39.4 Å². The maximum atomic E-state index is 13.0. The molecule has 2 aliphatic heterocycles. The molecule has 0 spiro atoms. The van der Waals surface area contributed by atoms with E-state index in [9.17, 15) is 13.2 Å². The summed E-state index contributed by atoms with van der Waals surface area (Å²) in [4.78, 5) is 17.6. The number of hydrogen-bond donors (Lipinski definition) is 1. The van der Waals surface area contributed by atoms with Crippen molar-refractivity contribution >= 4 is 38.1 Å². The van der Waals surface area contributed by atoms with E-state index < -0.39 is 10.0 Å². The quantitative estimate of drug-likeness (QED) is 0.624. The summed E-state index contributed by atoms with van der Waals surface area (Å²) >= 11 is 0. The van der Waals surface area contributed by atoms with Crippen molar-refractivity contribution in [3.05, 3.63) is 66.7 Å². The number of hydrogen-bond acceptors (Lipinski definition) is 5. The monoisotopic (exact) mass is 450 g/mol. The molecule has 5 rings (SSSR count). The Labute approximate surface area is 188 Å². The number of nitrogens with zero attached hydrogens (tertiary/aromatic N) is 3.